The highest BCUT2D eigenvalue weighted by atomic mass is 19.1. The van der Waals surface area contributed by atoms with Gasteiger partial charge in [0.05, 0.1) is 12.0 Å². The summed E-state index contributed by atoms with van der Waals surface area (Å²) in [6.45, 7) is 6.70. The van der Waals surface area contributed by atoms with Gasteiger partial charge in [0.25, 0.3) is 0 Å². The zero-order valence-corrected chi connectivity index (χ0v) is 10.4. The zero-order valence-electron chi connectivity index (χ0n) is 10.4. The van der Waals surface area contributed by atoms with E-state index in [4.69, 9.17) is 5.11 Å². The van der Waals surface area contributed by atoms with Crippen LogP contribution in [-0.4, -0.2) is 23.1 Å². The molecule has 0 aromatic heterocycles. The normalized spacial score (nSPS) is 26.8. The van der Waals surface area contributed by atoms with Gasteiger partial charge in [0.1, 0.15) is 0 Å². The monoisotopic (exact) mass is 244 g/mol. The highest BCUT2D eigenvalue weighted by Gasteiger charge is 2.61. The van der Waals surface area contributed by atoms with Crippen LogP contribution >= 0.6 is 0 Å². The van der Waals surface area contributed by atoms with E-state index in [-0.39, 0.29) is 0 Å². The fourth-order valence-electron chi connectivity index (χ4n) is 1.96. The second kappa shape index (κ2) is 4.47. The largest absolute Gasteiger partial charge is 0.481 e. The predicted octanol–water partition coefficient (Wildman–Crippen LogP) is 2.15. The molecule has 1 aliphatic carbocycles. The van der Waals surface area contributed by atoms with Crippen LogP contribution in [0.4, 0.5) is 4.39 Å². The molecular formula is C12H17FO4. The van der Waals surface area contributed by atoms with Gasteiger partial charge in [0, 0.05) is 0 Å². The molecule has 2 atom stereocenters. The number of hydrogen-bond acceptors (Lipinski definition) is 3. The molecule has 1 rings (SSSR count). The minimum Gasteiger partial charge on any atom is -0.481 e. The quantitative estimate of drug-likeness (QED) is 0.608. The Kier molecular flexibility index (Phi) is 3.59. The van der Waals surface area contributed by atoms with Crippen molar-refractivity contribution in [3.05, 3.63) is 11.9 Å². The fraction of sp³-hybridized carbons (Fsp3) is 0.667. The molecule has 1 N–H and O–H groups in total. The molecule has 96 valence electrons. The molecule has 0 aromatic carbocycles. The third-order valence-corrected chi connectivity index (χ3v) is 3.04. The number of carbonyl (C=O) groups excluding carboxylic acids is 1. The maximum atomic E-state index is 13.4. The van der Waals surface area contributed by atoms with Gasteiger partial charge >= 0.3 is 11.9 Å². The average molecular weight is 244 g/mol. The summed E-state index contributed by atoms with van der Waals surface area (Å²) in [4.78, 5) is 22.0. The van der Waals surface area contributed by atoms with Crippen molar-refractivity contribution in [2.45, 2.75) is 33.8 Å². The van der Waals surface area contributed by atoms with Crippen LogP contribution in [0.25, 0.3) is 0 Å². The molecule has 1 saturated carbocycles. The second-order valence-electron chi connectivity index (χ2n) is 5.13. The number of ether oxygens (including phenoxy) is 1. The van der Waals surface area contributed by atoms with Gasteiger partial charge < -0.3 is 9.84 Å². The molecule has 0 heterocycles. The maximum Gasteiger partial charge on any atom is 0.367 e. The van der Waals surface area contributed by atoms with Crippen LogP contribution < -0.4 is 0 Å². The number of allylic oxidation sites excluding steroid dienone is 1. The summed E-state index contributed by atoms with van der Waals surface area (Å²) in [5.41, 5.74) is -0.513. The zero-order chi connectivity index (χ0) is 13.4. The van der Waals surface area contributed by atoms with E-state index in [1.807, 2.05) is 0 Å². The van der Waals surface area contributed by atoms with E-state index >= 15 is 0 Å². The Morgan fingerprint density at radius 2 is 1.94 bits per heavy atom. The molecular weight excluding hydrogens is 227 g/mol. The first kappa shape index (κ1) is 13.7. The van der Waals surface area contributed by atoms with E-state index in [9.17, 15) is 14.0 Å². The van der Waals surface area contributed by atoms with E-state index in [2.05, 4.69) is 4.74 Å². The molecule has 0 bridgehead atoms. The Bertz CT molecular complexity index is 371. The van der Waals surface area contributed by atoms with Crippen molar-refractivity contribution in [3.63, 3.8) is 0 Å². The number of halogens is 1. The van der Waals surface area contributed by atoms with E-state index in [0.717, 1.165) is 6.08 Å². The molecule has 5 heteroatoms. The lowest BCUT2D eigenvalue weighted by atomic mass is 10.1. The number of esters is 1. The Labute approximate surface area is 99.5 Å². The minimum absolute atomic E-state index is 0.399. The van der Waals surface area contributed by atoms with Crippen molar-refractivity contribution in [3.8, 4) is 0 Å². The summed E-state index contributed by atoms with van der Waals surface area (Å²) >= 11 is 0. The number of rotatable bonds is 4. The Morgan fingerprint density at radius 1 is 1.41 bits per heavy atom. The van der Waals surface area contributed by atoms with Crippen molar-refractivity contribution in [1.29, 1.82) is 0 Å². The summed E-state index contributed by atoms with van der Waals surface area (Å²) in [5.74, 6) is -4.12. The van der Waals surface area contributed by atoms with Crippen molar-refractivity contribution in [2.24, 2.45) is 17.3 Å². The van der Waals surface area contributed by atoms with Gasteiger partial charge in [-0.2, -0.15) is 4.39 Å². The number of hydrogen-bond donors (Lipinski definition) is 1. The van der Waals surface area contributed by atoms with Crippen LogP contribution in [0, 0.1) is 17.3 Å². The Hall–Kier alpha value is -1.39. The van der Waals surface area contributed by atoms with E-state index < -0.39 is 41.1 Å². The molecule has 0 saturated heterocycles. The van der Waals surface area contributed by atoms with Crippen LogP contribution in [0.1, 0.15) is 27.7 Å². The number of aliphatic carboxylic acids is 1. The molecule has 0 aromatic rings. The van der Waals surface area contributed by atoms with Crippen molar-refractivity contribution < 1.29 is 23.8 Å². The van der Waals surface area contributed by atoms with Crippen LogP contribution in [-0.2, 0) is 14.3 Å². The number of carboxylic acid groups (broad SMARTS) is 1. The molecule has 1 aliphatic rings. The summed E-state index contributed by atoms with van der Waals surface area (Å²) in [6, 6.07) is 0. The molecule has 2 unspecified atom stereocenters. The lowest BCUT2D eigenvalue weighted by molar-refractivity contribution is -0.144. The first-order valence-corrected chi connectivity index (χ1v) is 5.49. The molecule has 1 fully saturated rings. The van der Waals surface area contributed by atoms with Crippen molar-refractivity contribution in [2.75, 3.05) is 0 Å². The van der Waals surface area contributed by atoms with Crippen molar-refractivity contribution >= 4 is 11.9 Å². The molecule has 0 aliphatic heterocycles. The first-order valence-electron chi connectivity index (χ1n) is 5.49. The van der Waals surface area contributed by atoms with Crippen LogP contribution in [0.2, 0.25) is 0 Å². The third-order valence-electron chi connectivity index (χ3n) is 3.04. The van der Waals surface area contributed by atoms with Crippen LogP contribution in [0.15, 0.2) is 11.9 Å². The smallest absolute Gasteiger partial charge is 0.367 e. The van der Waals surface area contributed by atoms with Gasteiger partial charge in [0.2, 0.25) is 5.83 Å². The minimum atomic E-state index is -1.04. The lowest BCUT2D eigenvalue weighted by Gasteiger charge is -2.05. The van der Waals surface area contributed by atoms with E-state index in [0.29, 0.717) is 0 Å². The highest BCUT2D eigenvalue weighted by molar-refractivity contribution is 5.86. The van der Waals surface area contributed by atoms with Gasteiger partial charge in [-0.1, -0.05) is 13.8 Å². The SMILES string of the molecule is CC(C)OC(=O)C(F)=CC1C(C(=O)O)C1(C)C. The van der Waals surface area contributed by atoms with Crippen molar-refractivity contribution in [1.82, 2.24) is 0 Å². The topological polar surface area (TPSA) is 63.6 Å². The van der Waals surface area contributed by atoms with Gasteiger partial charge in [-0.25, -0.2) is 4.79 Å². The fourth-order valence-corrected chi connectivity index (χ4v) is 1.96. The average Bonchev–Trinajstić information content (AvgIpc) is 2.66. The number of carboxylic acids is 1. The van der Waals surface area contributed by atoms with E-state index in [1.165, 1.54) is 0 Å². The maximum absolute atomic E-state index is 13.4. The summed E-state index contributed by atoms with van der Waals surface area (Å²) in [6.07, 6.45) is 0.660. The Balaban J connectivity index is 2.71. The predicted molar refractivity (Wildman–Crippen MR) is 58.8 cm³/mol. The molecule has 4 nitrogen and oxygen atoms in total. The van der Waals surface area contributed by atoms with E-state index in [1.54, 1.807) is 27.7 Å². The van der Waals surface area contributed by atoms with Crippen LogP contribution in [0.3, 0.4) is 0 Å². The first-order chi connectivity index (χ1) is 7.67. The van der Waals surface area contributed by atoms with Gasteiger partial charge in [-0.15, -0.1) is 0 Å². The van der Waals surface area contributed by atoms with Gasteiger partial charge in [0.15, 0.2) is 0 Å². The Morgan fingerprint density at radius 3 is 2.29 bits per heavy atom. The standard InChI is InChI=1S/C12H17FO4/c1-6(2)17-11(16)8(13)5-7-9(10(14)15)12(7,3)4/h5-7,9H,1-4H3,(H,14,15). The van der Waals surface area contributed by atoms with Gasteiger partial charge in [-0.3, -0.25) is 4.79 Å². The highest BCUT2D eigenvalue weighted by Crippen LogP contribution is 2.59. The molecule has 0 amide bonds. The molecule has 0 spiro atoms. The lowest BCUT2D eigenvalue weighted by Crippen LogP contribution is -2.12. The molecule has 0 radical (unpaired) electrons. The second-order valence-corrected chi connectivity index (χ2v) is 5.13. The van der Waals surface area contributed by atoms with Crippen LogP contribution in [0.5, 0.6) is 0 Å². The molecule has 17 heavy (non-hydrogen) atoms. The third kappa shape index (κ3) is 2.84. The summed E-state index contributed by atoms with van der Waals surface area (Å²) in [5, 5.41) is 8.89. The van der Waals surface area contributed by atoms with Gasteiger partial charge in [-0.05, 0) is 31.3 Å². The summed E-state index contributed by atoms with van der Waals surface area (Å²) < 4.78 is 18.1. The number of carbonyl (C=O) groups is 2. The summed E-state index contributed by atoms with van der Waals surface area (Å²) in [7, 11) is 0.